The largest absolute Gasteiger partial charge is 0.305 e. The van der Waals surface area contributed by atoms with Gasteiger partial charge in [-0.25, -0.2) is 0 Å². The summed E-state index contributed by atoms with van der Waals surface area (Å²) in [6, 6.07) is 42.2. The van der Waals surface area contributed by atoms with Gasteiger partial charge in [0.25, 0.3) is 0 Å². The molecule has 6 aromatic heterocycles. The lowest BCUT2D eigenvalue weighted by atomic mass is 10.0. The van der Waals surface area contributed by atoms with E-state index in [4.69, 9.17) is 0 Å². The molecule has 0 atom stereocenters. The van der Waals surface area contributed by atoms with E-state index < -0.39 is 0 Å². The van der Waals surface area contributed by atoms with E-state index in [0.717, 1.165) is 25.7 Å². The Morgan fingerprint density at radius 2 is 0.517 bits per heavy atom. The molecule has 0 fully saturated rings. The fourth-order valence-corrected chi connectivity index (χ4v) is 10.9. The van der Waals surface area contributed by atoms with Gasteiger partial charge in [0.1, 0.15) is 0 Å². The number of unbranched alkanes of at least 4 members (excludes halogenated alkanes) is 4. The van der Waals surface area contributed by atoms with E-state index in [1.807, 2.05) is 0 Å². The van der Waals surface area contributed by atoms with Gasteiger partial charge in [-0.2, -0.15) is 0 Å². The Labute approximate surface area is 340 Å². The van der Waals surface area contributed by atoms with Gasteiger partial charge in [-0.15, -0.1) is 0 Å². The molecule has 11 aromatic rings. The highest BCUT2D eigenvalue weighted by Gasteiger charge is 2.27. The van der Waals surface area contributed by atoms with Crippen molar-refractivity contribution in [3.05, 3.63) is 131 Å². The van der Waals surface area contributed by atoms with E-state index in [-0.39, 0.29) is 0 Å². The molecule has 0 radical (unpaired) electrons. The second kappa shape index (κ2) is 14.0. The fourth-order valence-electron chi connectivity index (χ4n) is 10.9. The van der Waals surface area contributed by atoms with Crippen molar-refractivity contribution < 1.29 is 0 Å². The SMILES string of the molecule is CCCCc1c2ccccc2n2c3cc4c(cc3n3c5ccccc5c(CCCC)c3c12)n1c2ccccc2c(CCCC)c1c1c(CCCC)c2ccccc2n41. The number of hydrogen-bond donors (Lipinski definition) is 0. The van der Waals surface area contributed by atoms with Crippen molar-refractivity contribution in [3.63, 3.8) is 0 Å². The van der Waals surface area contributed by atoms with Gasteiger partial charge in [0, 0.05) is 21.5 Å². The first-order valence-corrected chi connectivity index (χ1v) is 22.4. The molecule has 0 aliphatic rings. The Balaban J connectivity index is 1.46. The first-order valence-electron chi connectivity index (χ1n) is 22.4. The van der Waals surface area contributed by atoms with Gasteiger partial charge in [-0.05, 0) is 110 Å². The first kappa shape index (κ1) is 35.4. The highest BCUT2D eigenvalue weighted by molar-refractivity contribution is 6.14. The topological polar surface area (TPSA) is 17.6 Å². The summed E-state index contributed by atoms with van der Waals surface area (Å²) in [4.78, 5) is 0. The molecule has 5 aromatic carbocycles. The van der Waals surface area contributed by atoms with Crippen molar-refractivity contribution in [3.8, 4) is 0 Å². The monoisotopic (exact) mass is 758 g/mol. The first-order chi connectivity index (χ1) is 28.7. The van der Waals surface area contributed by atoms with Crippen LogP contribution in [0, 0.1) is 0 Å². The summed E-state index contributed by atoms with van der Waals surface area (Å²) in [5, 5.41) is 5.57. The van der Waals surface area contributed by atoms with Crippen molar-refractivity contribution in [2.24, 2.45) is 0 Å². The van der Waals surface area contributed by atoms with Crippen LogP contribution in [0.1, 0.15) is 101 Å². The number of para-hydroxylation sites is 4. The molecule has 0 bridgehead atoms. The maximum Gasteiger partial charge on any atom is 0.0745 e. The second-order valence-corrected chi connectivity index (χ2v) is 17.0. The zero-order valence-corrected chi connectivity index (χ0v) is 34.7. The number of aromatic nitrogens is 4. The maximum absolute atomic E-state index is 2.68. The molecule has 0 aliphatic heterocycles. The van der Waals surface area contributed by atoms with E-state index in [1.54, 1.807) is 0 Å². The van der Waals surface area contributed by atoms with Crippen molar-refractivity contribution in [2.75, 3.05) is 0 Å². The summed E-state index contributed by atoms with van der Waals surface area (Å²) in [7, 11) is 0. The molecule has 290 valence electrons. The van der Waals surface area contributed by atoms with Crippen LogP contribution in [-0.2, 0) is 25.7 Å². The normalized spacial score (nSPS) is 12.6. The molecule has 0 saturated carbocycles. The Kier molecular flexibility index (Phi) is 8.54. The lowest BCUT2D eigenvalue weighted by Gasteiger charge is -2.17. The van der Waals surface area contributed by atoms with E-state index in [9.17, 15) is 0 Å². The molecule has 4 heteroatoms. The average molecular weight is 759 g/mol. The minimum absolute atomic E-state index is 1.07. The number of hydrogen-bond acceptors (Lipinski definition) is 0. The van der Waals surface area contributed by atoms with Crippen LogP contribution in [0.4, 0.5) is 0 Å². The molecular formula is C54H54N4. The van der Waals surface area contributed by atoms with Crippen molar-refractivity contribution in [1.29, 1.82) is 0 Å². The molecule has 0 aliphatic carbocycles. The number of benzene rings is 5. The third kappa shape index (κ3) is 4.87. The average Bonchev–Trinajstić information content (AvgIpc) is 3.98. The maximum atomic E-state index is 2.68. The molecule has 58 heavy (non-hydrogen) atoms. The molecule has 0 spiro atoms. The summed E-state index contributed by atoms with van der Waals surface area (Å²) in [5.41, 5.74) is 21.9. The highest BCUT2D eigenvalue weighted by atomic mass is 15.0. The van der Waals surface area contributed by atoms with E-state index >= 15 is 0 Å². The quantitative estimate of drug-likeness (QED) is 0.110. The highest BCUT2D eigenvalue weighted by Crippen LogP contribution is 2.44. The minimum Gasteiger partial charge on any atom is -0.305 e. The lowest BCUT2D eigenvalue weighted by molar-refractivity contribution is 0.799. The van der Waals surface area contributed by atoms with Gasteiger partial charge >= 0.3 is 0 Å². The smallest absolute Gasteiger partial charge is 0.0745 e. The number of fused-ring (bicyclic) bond motifs is 20. The van der Waals surface area contributed by atoms with Crippen LogP contribution in [0.2, 0.25) is 0 Å². The Bertz CT molecular complexity index is 2950. The molecule has 0 saturated heterocycles. The minimum atomic E-state index is 1.07. The van der Waals surface area contributed by atoms with E-state index in [1.165, 1.54) is 161 Å². The molecule has 6 heterocycles. The lowest BCUT2D eigenvalue weighted by Crippen LogP contribution is -2.03. The second-order valence-electron chi connectivity index (χ2n) is 17.0. The van der Waals surface area contributed by atoms with Gasteiger partial charge in [0.05, 0.1) is 66.2 Å². The summed E-state index contributed by atoms with van der Waals surface area (Å²) in [6.07, 6.45) is 13.7. The molecule has 0 N–H and O–H groups in total. The van der Waals surface area contributed by atoms with Gasteiger partial charge < -0.3 is 17.6 Å². The molecule has 0 unspecified atom stereocenters. The van der Waals surface area contributed by atoms with E-state index in [0.29, 0.717) is 0 Å². The van der Waals surface area contributed by atoms with Crippen molar-refractivity contribution in [2.45, 2.75) is 105 Å². The number of rotatable bonds is 12. The van der Waals surface area contributed by atoms with Crippen LogP contribution in [-0.4, -0.2) is 17.6 Å². The van der Waals surface area contributed by atoms with Gasteiger partial charge in [0.15, 0.2) is 0 Å². The van der Waals surface area contributed by atoms with Crippen molar-refractivity contribution >= 4 is 87.7 Å². The number of nitrogens with zero attached hydrogens (tertiary/aromatic N) is 4. The van der Waals surface area contributed by atoms with Crippen molar-refractivity contribution in [1.82, 2.24) is 17.6 Å². The predicted octanol–water partition coefficient (Wildman–Crippen LogP) is 15.0. The third-order valence-electron chi connectivity index (χ3n) is 13.5. The molecule has 4 nitrogen and oxygen atoms in total. The van der Waals surface area contributed by atoms with E-state index in [2.05, 4.69) is 154 Å². The molecule has 0 amide bonds. The summed E-state index contributed by atoms with van der Waals surface area (Å²) < 4.78 is 10.7. The molecule has 11 rings (SSSR count). The Hall–Kier alpha value is -5.74. The van der Waals surface area contributed by atoms with Crippen LogP contribution in [0.25, 0.3) is 87.7 Å². The Morgan fingerprint density at radius 1 is 0.293 bits per heavy atom. The van der Waals surface area contributed by atoms with Crippen LogP contribution in [0.3, 0.4) is 0 Å². The van der Waals surface area contributed by atoms with Gasteiger partial charge in [-0.1, -0.05) is 126 Å². The number of aryl methyl sites for hydroxylation is 4. The Morgan fingerprint density at radius 3 is 0.741 bits per heavy atom. The zero-order chi connectivity index (χ0) is 39.1. The van der Waals surface area contributed by atoms with Gasteiger partial charge in [-0.3, -0.25) is 0 Å². The summed E-state index contributed by atoms with van der Waals surface area (Å²) >= 11 is 0. The zero-order valence-electron chi connectivity index (χ0n) is 34.7. The predicted molar refractivity (Wildman–Crippen MR) is 250 cm³/mol. The van der Waals surface area contributed by atoms with Crippen LogP contribution in [0.15, 0.2) is 109 Å². The summed E-state index contributed by atoms with van der Waals surface area (Å²) in [6.45, 7) is 9.32. The summed E-state index contributed by atoms with van der Waals surface area (Å²) in [5.74, 6) is 0. The van der Waals surface area contributed by atoms with Crippen LogP contribution < -0.4 is 0 Å². The standard InChI is InChI=1S/C54H54N4/c1-5-9-21-39-35-25-13-17-29-43(35)55-47-33-49-50(34-48(47)56-44-30-18-14-26-36(44)40(22-10-6-2)52(56)51(39)55)58-46-32-20-16-28-38(46)42(24-12-8-4)54(58)53-41(23-11-7-3)37-27-15-19-31-45(37)57(49)53/h13-20,25-34H,5-12,21-24H2,1-4H3. The third-order valence-corrected chi connectivity index (χ3v) is 13.5. The van der Waals surface area contributed by atoms with Gasteiger partial charge in [0.2, 0.25) is 0 Å². The van der Waals surface area contributed by atoms with Crippen LogP contribution >= 0.6 is 0 Å². The molecular weight excluding hydrogens is 705 g/mol. The fraction of sp³-hybridized carbons (Fsp3) is 0.296. The van der Waals surface area contributed by atoms with Crippen LogP contribution in [0.5, 0.6) is 0 Å².